The summed E-state index contributed by atoms with van der Waals surface area (Å²) in [5.74, 6) is -0.0286. The third kappa shape index (κ3) is 4.43. The van der Waals surface area contributed by atoms with Crippen molar-refractivity contribution in [3.8, 4) is 10.6 Å². The van der Waals surface area contributed by atoms with Crippen molar-refractivity contribution in [3.63, 3.8) is 0 Å². The lowest BCUT2D eigenvalue weighted by Crippen LogP contribution is -2.33. The van der Waals surface area contributed by atoms with Crippen molar-refractivity contribution in [2.45, 2.75) is 31.1 Å². The highest BCUT2D eigenvalue weighted by Gasteiger charge is 2.23. The topological polar surface area (TPSA) is 92.3 Å². The van der Waals surface area contributed by atoms with E-state index in [4.69, 9.17) is 0 Å². The first kappa shape index (κ1) is 20.6. The molecular weight excluding hydrogens is 420 g/mol. The smallest absolute Gasteiger partial charge is 0.240 e. The molecular formula is C21H22N4O3S2. The van der Waals surface area contributed by atoms with E-state index in [0.29, 0.717) is 13.0 Å². The molecule has 0 atom stereocenters. The third-order valence-electron chi connectivity index (χ3n) is 5.01. The Balaban J connectivity index is 1.42. The zero-order valence-corrected chi connectivity index (χ0v) is 18.2. The summed E-state index contributed by atoms with van der Waals surface area (Å²) in [6.07, 6.45) is 5.54. The summed E-state index contributed by atoms with van der Waals surface area (Å²) in [5, 5.41) is 2.83. The lowest BCUT2D eigenvalue weighted by Gasteiger charge is -2.28. The van der Waals surface area contributed by atoms with E-state index in [1.54, 1.807) is 35.5 Å². The first-order valence-corrected chi connectivity index (χ1v) is 12.1. The Labute approximate surface area is 179 Å². The normalized spacial score (nSPS) is 13.8. The van der Waals surface area contributed by atoms with Gasteiger partial charge in [0.25, 0.3) is 0 Å². The van der Waals surface area contributed by atoms with Gasteiger partial charge < -0.3 is 4.90 Å². The van der Waals surface area contributed by atoms with Crippen LogP contribution in [0.1, 0.15) is 24.6 Å². The maximum atomic E-state index is 12.7. The molecule has 0 spiro atoms. The molecule has 0 bridgehead atoms. The summed E-state index contributed by atoms with van der Waals surface area (Å²) in [4.78, 5) is 22.3. The number of aromatic nitrogens is 2. The second kappa shape index (κ2) is 8.63. The zero-order valence-electron chi connectivity index (χ0n) is 16.5. The molecule has 4 rings (SSSR count). The van der Waals surface area contributed by atoms with Gasteiger partial charge in [-0.05, 0) is 48.7 Å². The molecule has 1 amide bonds. The standard InChI is InChI=1S/C21H22N4O3S2/c1-15(26)25-12-2-3-17-13-19(4-5-20(17)25)30(27,28)23-11-8-18-14-29-21(24-18)16-6-9-22-10-7-16/h4-7,9-10,13-14,23H,2-3,8,11-12H2,1H3. The Hall–Kier alpha value is -2.62. The maximum absolute atomic E-state index is 12.7. The van der Waals surface area contributed by atoms with E-state index >= 15 is 0 Å². The molecule has 1 N–H and O–H groups in total. The Bertz CT molecular complexity index is 1160. The molecule has 30 heavy (non-hydrogen) atoms. The number of benzene rings is 1. The molecule has 2 aromatic heterocycles. The summed E-state index contributed by atoms with van der Waals surface area (Å²) in [7, 11) is -3.63. The predicted molar refractivity (Wildman–Crippen MR) is 117 cm³/mol. The van der Waals surface area contributed by atoms with E-state index in [-0.39, 0.29) is 17.3 Å². The van der Waals surface area contributed by atoms with Crippen LogP contribution < -0.4 is 9.62 Å². The molecule has 3 aromatic rings. The van der Waals surface area contributed by atoms with E-state index < -0.39 is 10.0 Å². The van der Waals surface area contributed by atoms with Gasteiger partial charge >= 0.3 is 0 Å². The van der Waals surface area contributed by atoms with E-state index in [9.17, 15) is 13.2 Å². The lowest BCUT2D eigenvalue weighted by molar-refractivity contribution is -0.116. The third-order valence-corrected chi connectivity index (χ3v) is 7.41. The average molecular weight is 443 g/mol. The molecule has 156 valence electrons. The highest BCUT2D eigenvalue weighted by atomic mass is 32.2. The fraction of sp³-hybridized carbons (Fsp3) is 0.286. The largest absolute Gasteiger partial charge is 0.312 e. The highest BCUT2D eigenvalue weighted by Crippen LogP contribution is 2.29. The van der Waals surface area contributed by atoms with Crippen LogP contribution in [0.15, 0.2) is 53.0 Å². The second-order valence-corrected chi connectivity index (χ2v) is 9.72. The van der Waals surface area contributed by atoms with Gasteiger partial charge in [-0.3, -0.25) is 9.78 Å². The van der Waals surface area contributed by atoms with Gasteiger partial charge in [-0.2, -0.15) is 0 Å². The number of amides is 1. The quantitative estimate of drug-likeness (QED) is 0.634. The fourth-order valence-corrected chi connectivity index (χ4v) is 5.46. The van der Waals surface area contributed by atoms with Crippen molar-refractivity contribution in [1.82, 2.24) is 14.7 Å². The summed E-state index contributed by atoms with van der Waals surface area (Å²) in [6.45, 7) is 2.46. The number of carbonyl (C=O) groups is 1. The first-order chi connectivity index (χ1) is 14.4. The molecule has 0 aliphatic carbocycles. The summed E-state index contributed by atoms with van der Waals surface area (Å²) >= 11 is 1.53. The molecule has 0 unspecified atom stereocenters. The van der Waals surface area contributed by atoms with Crippen molar-refractivity contribution in [2.24, 2.45) is 0 Å². The minimum absolute atomic E-state index is 0.0286. The van der Waals surface area contributed by atoms with Crippen molar-refractivity contribution >= 4 is 33.0 Å². The molecule has 0 radical (unpaired) electrons. The van der Waals surface area contributed by atoms with Crippen molar-refractivity contribution in [1.29, 1.82) is 0 Å². The van der Waals surface area contributed by atoms with Crippen LogP contribution in [0.4, 0.5) is 5.69 Å². The monoisotopic (exact) mass is 442 g/mol. The number of thiazole rings is 1. The number of pyridine rings is 1. The number of fused-ring (bicyclic) bond motifs is 1. The van der Waals surface area contributed by atoms with Crippen LogP contribution >= 0.6 is 11.3 Å². The fourth-order valence-electron chi connectivity index (χ4n) is 3.51. The number of rotatable bonds is 6. The Morgan fingerprint density at radius 1 is 1.23 bits per heavy atom. The van der Waals surface area contributed by atoms with E-state index in [1.807, 2.05) is 17.5 Å². The van der Waals surface area contributed by atoms with Crippen molar-refractivity contribution in [3.05, 3.63) is 59.4 Å². The number of nitrogens with one attached hydrogen (secondary N) is 1. The minimum atomic E-state index is -3.63. The van der Waals surface area contributed by atoms with Crippen LogP contribution in [-0.4, -0.2) is 37.4 Å². The van der Waals surface area contributed by atoms with Gasteiger partial charge in [0.2, 0.25) is 15.9 Å². The number of carbonyl (C=O) groups excluding carboxylic acids is 1. The summed E-state index contributed by atoms with van der Waals surface area (Å²) in [5.41, 5.74) is 3.53. The Kier molecular flexibility index (Phi) is 5.94. The molecule has 0 saturated carbocycles. The van der Waals surface area contributed by atoms with Gasteiger partial charge in [0.1, 0.15) is 5.01 Å². The first-order valence-electron chi connectivity index (χ1n) is 9.69. The van der Waals surface area contributed by atoms with Gasteiger partial charge in [0.05, 0.1) is 10.6 Å². The number of hydrogen-bond acceptors (Lipinski definition) is 6. The molecule has 0 saturated heterocycles. The number of anilines is 1. The van der Waals surface area contributed by atoms with Crippen LogP contribution in [0.25, 0.3) is 10.6 Å². The molecule has 1 aliphatic rings. The van der Waals surface area contributed by atoms with Crippen molar-refractivity contribution in [2.75, 3.05) is 18.0 Å². The lowest BCUT2D eigenvalue weighted by atomic mass is 10.0. The number of hydrogen-bond donors (Lipinski definition) is 1. The number of nitrogens with zero attached hydrogens (tertiary/aromatic N) is 3. The minimum Gasteiger partial charge on any atom is -0.312 e. The maximum Gasteiger partial charge on any atom is 0.240 e. The summed E-state index contributed by atoms with van der Waals surface area (Å²) < 4.78 is 28.1. The van der Waals surface area contributed by atoms with Crippen LogP contribution in [0.3, 0.4) is 0 Å². The number of aryl methyl sites for hydroxylation is 1. The van der Waals surface area contributed by atoms with Crippen LogP contribution in [0.5, 0.6) is 0 Å². The van der Waals surface area contributed by atoms with Crippen LogP contribution in [-0.2, 0) is 27.7 Å². The SMILES string of the molecule is CC(=O)N1CCCc2cc(S(=O)(=O)NCCc3csc(-c4ccncc4)n3)ccc21. The van der Waals surface area contributed by atoms with Gasteiger partial charge in [0.15, 0.2) is 0 Å². The Morgan fingerprint density at radius 3 is 2.80 bits per heavy atom. The van der Waals surface area contributed by atoms with Gasteiger partial charge in [-0.1, -0.05) is 0 Å². The molecule has 1 aliphatic heterocycles. The number of sulfonamides is 1. The molecule has 0 fully saturated rings. The second-order valence-electron chi connectivity index (χ2n) is 7.09. The van der Waals surface area contributed by atoms with Crippen LogP contribution in [0, 0.1) is 0 Å². The van der Waals surface area contributed by atoms with Crippen molar-refractivity contribution < 1.29 is 13.2 Å². The molecule has 7 nitrogen and oxygen atoms in total. The molecule has 1 aromatic carbocycles. The predicted octanol–water partition coefficient (Wildman–Crippen LogP) is 3.03. The zero-order chi connectivity index (χ0) is 21.1. The van der Waals surface area contributed by atoms with Gasteiger partial charge in [0, 0.05) is 55.5 Å². The van der Waals surface area contributed by atoms with Gasteiger partial charge in [-0.25, -0.2) is 18.1 Å². The summed E-state index contributed by atoms with van der Waals surface area (Å²) in [6, 6.07) is 8.76. The van der Waals surface area contributed by atoms with E-state index in [1.165, 1.54) is 18.3 Å². The Morgan fingerprint density at radius 2 is 2.03 bits per heavy atom. The molecule has 3 heterocycles. The molecule has 9 heteroatoms. The average Bonchev–Trinajstić information content (AvgIpc) is 3.22. The van der Waals surface area contributed by atoms with Crippen LogP contribution in [0.2, 0.25) is 0 Å². The van der Waals surface area contributed by atoms with Gasteiger partial charge in [-0.15, -0.1) is 11.3 Å². The van der Waals surface area contributed by atoms with E-state index in [0.717, 1.165) is 40.4 Å². The highest BCUT2D eigenvalue weighted by molar-refractivity contribution is 7.89. The van der Waals surface area contributed by atoms with E-state index in [2.05, 4.69) is 14.7 Å².